The number of anilines is 1. The number of aromatic amines is 1. The molecule has 0 bridgehead atoms. The van der Waals surface area contributed by atoms with Crippen molar-refractivity contribution in [3.63, 3.8) is 0 Å². The number of carbonyl (C=O) groups is 1. The molecule has 0 unspecified atom stereocenters. The maximum Gasteiger partial charge on any atom is 0.232 e. The van der Waals surface area contributed by atoms with Crippen molar-refractivity contribution in [2.45, 2.75) is 39.5 Å². The van der Waals surface area contributed by atoms with E-state index in [4.69, 9.17) is 11.6 Å². The Labute approximate surface area is 180 Å². The van der Waals surface area contributed by atoms with E-state index in [0.717, 1.165) is 5.69 Å². The van der Waals surface area contributed by atoms with Crippen molar-refractivity contribution in [1.82, 2.24) is 25.1 Å². The molecule has 3 aromatic rings. The molecule has 30 heavy (non-hydrogen) atoms. The Morgan fingerprint density at radius 1 is 1.30 bits per heavy atom. The molecular weight excluding hydrogens is 428 g/mol. The van der Waals surface area contributed by atoms with Gasteiger partial charge in [-0.25, -0.2) is 13.4 Å². The molecule has 0 radical (unpaired) electrons. The minimum Gasteiger partial charge on any atom is -0.356 e. The Morgan fingerprint density at radius 2 is 2.03 bits per heavy atom. The van der Waals surface area contributed by atoms with E-state index in [1.165, 1.54) is 11.6 Å². The monoisotopic (exact) mass is 452 g/mol. The summed E-state index contributed by atoms with van der Waals surface area (Å²) in [5, 5.41) is 10.7. The molecule has 0 aliphatic carbocycles. The molecule has 2 aromatic heterocycles. The zero-order valence-electron chi connectivity index (χ0n) is 17.3. The van der Waals surface area contributed by atoms with Gasteiger partial charge in [0.2, 0.25) is 15.9 Å². The summed E-state index contributed by atoms with van der Waals surface area (Å²) in [4.78, 5) is 15.4. The van der Waals surface area contributed by atoms with Crippen LogP contribution in [0, 0.1) is 0 Å². The molecule has 3 rings (SSSR count). The minimum absolute atomic E-state index is 0.103. The summed E-state index contributed by atoms with van der Waals surface area (Å²) in [6, 6.07) is 6.84. The van der Waals surface area contributed by atoms with Crippen LogP contribution < -0.4 is 10.0 Å². The molecule has 2 heterocycles. The van der Waals surface area contributed by atoms with Crippen LogP contribution in [0.2, 0.25) is 5.02 Å². The van der Waals surface area contributed by atoms with Gasteiger partial charge in [0, 0.05) is 30.1 Å². The van der Waals surface area contributed by atoms with Crippen LogP contribution in [0.5, 0.6) is 0 Å². The van der Waals surface area contributed by atoms with Crippen molar-refractivity contribution in [3.05, 3.63) is 35.0 Å². The van der Waals surface area contributed by atoms with Crippen LogP contribution in [-0.2, 0) is 20.2 Å². The quantitative estimate of drug-likeness (QED) is 0.476. The highest BCUT2D eigenvalue weighted by Crippen LogP contribution is 2.32. The zero-order chi connectivity index (χ0) is 22.1. The van der Waals surface area contributed by atoms with E-state index in [9.17, 15) is 13.2 Å². The number of rotatable bonds is 7. The molecule has 0 saturated carbocycles. The third kappa shape index (κ3) is 5.11. The first-order valence-corrected chi connectivity index (χ1v) is 11.5. The van der Waals surface area contributed by atoms with Crippen LogP contribution in [0.4, 0.5) is 5.69 Å². The molecule has 0 fully saturated rings. The van der Waals surface area contributed by atoms with E-state index in [2.05, 4.69) is 25.2 Å². The molecule has 3 N–H and O–H groups in total. The van der Waals surface area contributed by atoms with Crippen molar-refractivity contribution in [1.29, 1.82) is 0 Å². The number of nitrogens with one attached hydrogen (secondary N) is 3. The second-order valence-electron chi connectivity index (χ2n) is 8.06. The Morgan fingerprint density at radius 3 is 2.67 bits per heavy atom. The predicted octanol–water partition coefficient (Wildman–Crippen LogP) is 2.94. The second-order valence-corrected chi connectivity index (χ2v) is 10.3. The van der Waals surface area contributed by atoms with Crippen molar-refractivity contribution in [2.75, 3.05) is 17.0 Å². The molecule has 0 spiro atoms. The second kappa shape index (κ2) is 8.27. The van der Waals surface area contributed by atoms with E-state index in [1.807, 2.05) is 20.8 Å². The average Bonchev–Trinajstić information content (AvgIpc) is 3.18. The van der Waals surface area contributed by atoms with Gasteiger partial charge in [0.25, 0.3) is 0 Å². The first-order chi connectivity index (χ1) is 14.0. The number of hydrogen-bond acceptors (Lipinski definition) is 5. The number of benzene rings is 1. The van der Waals surface area contributed by atoms with Gasteiger partial charge in [0.1, 0.15) is 5.02 Å². The smallest absolute Gasteiger partial charge is 0.232 e. The lowest BCUT2D eigenvalue weighted by atomic mass is 9.92. The molecule has 162 valence electrons. The lowest BCUT2D eigenvalue weighted by Crippen LogP contribution is -2.25. The number of fused-ring (bicyclic) bond motifs is 1. The summed E-state index contributed by atoms with van der Waals surface area (Å²) < 4.78 is 28.6. The zero-order valence-corrected chi connectivity index (χ0v) is 18.9. The van der Waals surface area contributed by atoms with E-state index >= 15 is 0 Å². The lowest BCUT2D eigenvalue weighted by Gasteiger charge is -2.16. The van der Waals surface area contributed by atoms with Gasteiger partial charge in [-0.2, -0.15) is 4.63 Å². The van der Waals surface area contributed by atoms with Gasteiger partial charge >= 0.3 is 0 Å². The number of carbonyl (C=O) groups excluding carboxylic acids is 1. The molecule has 9 nitrogen and oxygen atoms in total. The number of hydrogen-bond donors (Lipinski definition) is 3. The fourth-order valence-corrected chi connectivity index (χ4v) is 4.46. The Kier molecular flexibility index (Phi) is 6.09. The van der Waals surface area contributed by atoms with Crippen molar-refractivity contribution < 1.29 is 13.2 Å². The van der Waals surface area contributed by atoms with Gasteiger partial charge in [-0.3, -0.25) is 14.6 Å². The Balaban J connectivity index is 1.77. The topological polar surface area (TPSA) is 121 Å². The van der Waals surface area contributed by atoms with Crippen molar-refractivity contribution >= 4 is 38.9 Å². The van der Waals surface area contributed by atoms with Crippen LogP contribution in [0.1, 0.15) is 39.8 Å². The molecule has 0 aliphatic rings. The normalized spacial score (nSPS) is 12.3. The highest BCUT2D eigenvalue weighted by Gasteiger charge is 2.24. The maximum absolute atomic E-state index is 12.3. The largest absolute Gasteiger partial charge is 0.356 e. The first-order valence-electron chi connectivity index (χ1n) is 9.46. The van der Waals surface area contributed by atoms with Crippen LogP contribution >= 0.6 is 11.6 Å². The summed E-state index contributed by atoms with van der Waals surface area (Å²) in [7, 11) is -3.55. The van der Waals surface area contributed by atoms with Gasteiger partial charge in [-0.15, -0.1) is 5.10 Å². The number of nitrogens with zero attached hydrogens (tertiary/aromatic N) is 3. The van der Waals surface area contributed by atoms with Crippen molar-refractivity contribution in [3.8, 4) is 11.4 Å². The average molecular weight is 453 g/mol. The first kappa shape index (κ1) is 22.1. The summed E-state index contributed by atoms with van der Waals surface area (Å²) in [5.41, 5.74) is 2.23. The number of amides is 1. The number of aromatic nitrogens is 4. The van der Waals surface area contributed by atoms with E-state index in [0.29, 0.717) is 40.7 Å². The number of halogens is 1. The fourth-order valence-electron chi connectivity index (χ4n) is 2.90. The third-order valence-corrected chi connectivity index (χ3v) is 6.08. The summed E-state index contributed by atoms with van der Waals surface area (Å²) >= 11 is 6.47. The van der Waals surface area contributed by atoms with Crippen LogP contribution in [0.15, 0.2) is 24.3 Å². The van der Waals surface area contributed by atoms with Gasteiger partial charge < -0.3 is 5.32 Å². The molecule has 0 atom stereocenters. The standard InChI is InChI=1S/C19H25ClN6O3S/c1-12(27)21-9-6-10-30(28,29)25-14-8-5-7-13(11-14)17-22-18-15(20)16(19(2,3)4)23-26(18)24-17/h5,7-8,11,23,25H,6,9-10H2,1-4H3,(H,21,27). The predicted molar refractivity (Wildman–Crippen MR) is 117 cm³/mol. The van der Waals surface area contributed by atoms with Gasteiger partial charge in [0.15, 0.2) is 11.5 Å². The number of sulfonamides is 1. The molecule has 11 heteroatoms. The highest BCUT2D eigenvalue weighted by atomic mass is 35.5. The number of H-pyrrole nitrogens is 1. The molecule has 1 amide bonds. The van der Waals surface area contributed by atoms with E-state index in [-0.39, 0.29) is 17.1 Å². The Hall–Kier alpha value is -2.59. The molecule has 0 aliphatic heterocycles. The highest BCUT2D eigenvalue weighted by molar-refractivity contribution is 7.92. The summed E-state index contributed by atoms with van der Waals surface area (Å²) in [6.45, 7) is 7.81. The van der Waals surface area contributed by atoms with Gasteiger partial charge in [-0.05, 0) is 18.6 Å². The summed E-state index contributed by atoms with van der Waals surface area (Å²) in [5.74, 6) is 0.135. The maximum atomic E-state index is 12.3. The van der Waals surface area contributed by atoms with Gasteiger partial charge in [0.05, 0.1) is 11.4 Å². The van der Waals surface area contributed by atoms with Crippen LogP contribution in [0.3, 0.4) is 0 Å². The fraction of sp³-hybridized carbons (Fsp3) is 0.421. The molecule has 0 saturated heterocycles. The Bertz CT molecular complexity index is 1180. The van der Waals surface area contributed by atoms with E-state index in [1.54, 1.807) is 24.3 Å². The molecular formula is C19H25ClN6O3S. The lowest BCUT2D eigenvalue weighted by molar-refractivity contribution is -0.118. The van der Waals surface area contributed by atoms with Gasteiger partial charge in [-0.1, -0.05) is 44.5 Å². The third-order valence-electron chi connectivity index (χ3n) is 4.35. The van der Waals surface area contributed by atoms with Crippen molar-refractivity contribution in [2.24, 2.45) is 0 Å². The molecule has 1 aromatic carbocycles. The van der Waals surface area contributed by atoms with Crippen LogP contribution in [-0.4, -0.2) is 46.4 Å². The minimum atomic E-state index is -3.55. The SMILES string of the molecule is CC(=O)NCCCS(=O)(=O)Nc1cccc(-c2nc3c(Cl)c(C(C)(C)C)[nH]n3n2)c1. The van der Waals surface area contributed by atoms with E-state index < -0.39 is 10.0 Å². The van der Waals surface area contributed by atoms with Crippen LogP contribution in [0.25, 0.3) is 17.0 Å². The summed E-state index contributed by atoms with van der Waals surface area (Å²) in [6.07, 6.45) is 0.316.